The lowest BCUT2D eigenvalue weighted by molar-refractivity contribution is -0.125. The summed E-state index contributed by atoms with van der Waals surface area (Å²) in [4.78, 5) is 27.0. The summed E-state index contributed by atoms with van der Waals surface area (Å²) < 4.78 is 14.2. The normalized spacial score (nSPS) is 15.1. The second-order valence-corrected chi connectivity index (χ2v) is 10.3. The molecule has 2 aromatic carbocycles. The first kappa shape index (κ1) is 27.2. The number of rotatable bonds is 10. The Balaban J connectivity index is 1.42. The number of likely N-dealkylation sites (tertiary alicyclic amines) is 1. The minimum atomic E-state index is -0.618. The summed E-state index contributed by atoms with van der Waals surface area (Å²) in [5, 5.41) is 6.44. The number of nitrogens with one attached hydrogen (secondary N) is 2. The van der Waals surface area contributed by atoms with Gasteiger partial charge in [-0.25, -0.2) is 4.39 Å². The fourth-order valence-electron chi connectivity index (χ4n) is 4.55. The number of carbonyl (C=O) groups is 2. The number of nitrogens with zero attached hydrogens (tertiary/aromatic N) is 1. The Hall–Kier alpha value is -2.44. The van der Waals surface area contributed by atoms with E-state index in [2.05, 4.69) is 15.5 Å². The van der Waals surface area contributed by atoms with Crippen LogP contribution in [0.25, 0.3) is 0 Å². The smallest absolute Gasteiger partial charge is 0.230 e. The summed E-state index contributed by atoms with van der Waals surface area (Å²) in [6.07, 6.45) is 3.99. The van der Waals surface area contributed by atoms with Crippen molar-refractivity contribution >= 4 is 29.1 Å². The molecule has 190 valence electrons. The Labute approximate surface area is 213 Å². The minimum Gasteiger partial charge on any atom is -0.355 e. The fourth-order valence-corrected chi connectivity index (χ4v) is 4.67. The maximum Gasteiger partial charge on any atom is 0.230 e. The molecule has 0 unspecified atom stereocenters. The maximum absolute atomic E-state index is 14.2. The number of benzene rings is 2. The predicted octanol–water partition coefficient (Wildman–Crippen LogP) is 5.88. The van der Waals surface area contributed by atoms with Crippen LogP contribution in [0.4, 0.5) is 10.1 Å². The molecule has 0 bridgehead atoms. The highest BCUT2D eigenvalue weighted by molar-refractivity contribution is 6.30. The number of amides is 2. The summed E-state index contributed by atoms with van der Waals surface area (Å²) in [5.74, 6) is -0.177. The van der Waals surface area contributed by atoms with E-state index in [-0.39, 0.29) is 17.5 Å². The van der Waals surface area contributed by atoms with Gasteiger partial charge in [0.1, 0.15) is 5.82 Å². The van der Waals surface area contributed by atoms with Gasteiger partial charge < -0.3 is 15.5 Å². The van der Waals surface area contributed by atoms with Crippen LogP contribution in [0.3, 0.4) is 0 Å². The molecule has 1 aliphatic rings. The molecule has 1 saturated heterocycles. The van der Waals surface area contributed by atoms with E-state index < -0.39 is 11.2 Å². The van der Waals surface area contributed by atoms with E-state index in [1.807, 2.05) is 51.1 Å². The third kappa shape index (κ3) is 7.52. The highest BCUT2D eigenvalue weighted by Gasteiger charge is 2.29. The molecule has 35 heavy (non-hydrogen) atoms. The molecule has 0 saturated carbocycles. The van der Waals surface area contributed by atoms with Crippen molar-refractivity contribution in [3.8, 4) is 0 Å². The van der Waals surface area contributed by atoms with Crippen LogP contribution >= 0.6 is 11.6 Å². The second-order valence-electron chi connectivity index (χ2n) is 9.89. The molecule has 1 aliphatic heterocycles. The zero-order valence-electron chi connectivity index (χ0n) is 21.0. The first-order chi connectivity index (χ1) is 16.7. The minimum absolute atomic E-state index is 0.0108. The van der Waals surface area contributed by atoms with E-state index in [0.717, 1.165) is 56.4 Å². The summed E-state index contributed by atoms with van der Waals surface area (Å²) >= 11 is 5.97. The van der Waals surface area contributed by atoms with Crippen LogP contribution in [0.15, 0.2) is 42.5 Å². The molecular formula is C28H37ClFN3O2. The standard InChI is InChI=1S/C28H37ClFN3O2/c1-4-6-26(34)32-25-19-21(7-12-24(25)30)20-13-17-33(18-14-20)16-5-15-31-27(35)28(2,3)22-8-10-23(29)11-9-22/h7-12,19-20H,4-6,13-18H2,1-3H3,(H,31,35)(H,32,34). The lowest BCUT2D eigenvalue weighted by Crippen LogP contribution is -2.41. The van der Waals surface area contributed by atoms with Crippen molar-refractivity contribution in [1.29, 1.82) is 0 Å². The number of hydrogen-bond acceptors (Lipinski definition) is 3. The number of hydrogen-bond donors (Lipinski definition) is 2. The Bertz CT molecular complexity index is 1000. The monoisotopic (exact) mass is 501 g/mol. The zero-order chi connectivity index (χ0) is 25.4. The molecule has 2 amide bonds. The third-order valence-corrected chi connectivity index (χ3v) is 7.12. The van der Waals surface area contributed by atoms with E-state index in [1.54, 1.807) is 6.07 Å². The highest BCUT2D eigenvalue weighted by atomic mass is 35.5. The van der Waals surface area contributed by atoms with E-state index in [4.69, 9.17) is 11.6 Å². The first-order valence-electron chi connectivity index (χ1n) is 12.6. The Morgan fingerprint density at radius 2 is 1.80 bits per heavy atom. The van der Waals surface area contributed by atoms with Crippen molar-refractivity contribution < 1.29 is 14.0 Å². The molecule has 0 aromatic heterocycles. The van der Waals surface area contributed by atoms with Gasteiger partial charge in [0.05, 0.1) is 11.1 Å². The van der Waals surface area contributed by atoms with Gasteiger partial charge in [-0.1, -0.05) is 36.7 Å². The molecule has 5 nitrogen and oxygen atoms in total. The number of piperidine rings is 1. The van der Waals surface area contributed by atoms with Crippen molar-refractivity contribution in [1.82, 2.24) is 10.2 Å². The highest BCUT2D eigenvalue weighted by Crippen LogP contribution is 2.31. The van der Waals surface area contributed by atoms with Crippen LogP contribution < -0.4 is 10.6 Å². The second kappa shape index (κ2) is 12.5. The number of anilines is 1. The van der Waals surface area contributed by atoms with Crippen molar-refractivity contribution in [2.75, 3.05) is 31.5 Å². The van der Waals surface area contributed by atoms with Gasteiger partial charge in [0.15, 0.2) is 0 Å². The molecule has 1 heterocycles. The van der Waals surface area contributed by atoms with Gasteiger partial charge in [0, 0.05) is 18.0 Å². The number of halogens is 2. The molecule has 0 radical (unpaired) electrons. The average molecular weight is 502 g/mol. The molecule has 2 N–H and O–H groups in total. The van der Waals surface area contributed by atoms with E-state index >= 15 is 0 Å². The molecule has 3 rings (SSSR count). The quantitative estimate of drug-likeness (QED) is 0.399. The summed E-state index contributed by atoms with van der Waals surface area (Å²) in [6.45, 7) is 9.26. The van der Waals surface area contributed by atoms with Crippen LogP contribution in [0.2, 0.25) is 5.02 Å². The third-order valence-electron chi connectivity index (χ3n) is 6.87. The van der Waals surface area contributed by atoms with Crippen LogP contribution in [-0.4, -0.2) is 42.9 Å². The Morgan fingerprint density at radius 1 is 1.11 bits per heavy atom. The van der Waals surface area contributed by atoms with E-state index in [0.29, 0.717) is 23.9 Å². The van der Waals surface area contributed by atoms with Crippen molar-refractivity contribution in [2.45, 2.75) is 64.2 Å². The van der Waals surface area contributed by atoms with Gasteiger partial charge >= 0.3 is 0 Å². The van der Waals surface area contributed by atoms with Gasteiger partial charge in [0.2, 0.25) is 11.8 Å². The largest absolute Gasteiger partial charge is 0.355 e. The predicted molar refractivity (Wildman–Crippen MR) is 140 cm³/mol. The summed E-state index contributed by atoms with van der Waals surface area (Å²) in [7, 11) is 0. The van der Waals surface area contributed by atoms with Gasteiger partial charge in [-0.15, -0.1) is 0 Å². The Kier molecular flexibility index (Phi) is 9.70. The molecule has 1 fully saturated rings. The average Bonchev–Trinajstić information content (AvgIpc) is 2.84. The topological polar surface area (TPSA) is 61.4 Å². The Morgan fingerprint density at radius 3 is 2.46 bits per heavy atom. The molecule has 2 aromatic rings. The summed E-state index contributed by atoms with van der Waals surface area (Å²) in [6, 6.07) is 12.5. The summed E-state index contributed by atoms with van der Waals surface area (Å²) in [5.41, 5.74) is 1.68. The first-order valence-corrected chi connectivity index (χ1v) is 12.9. The van der Waals surface area contributed by atoms with E-state index in [1.165, 1.54) is 6.07 Å². The zero-order valence-corrected chi connectivity index (χ0v) is 21.8. The lowest BCUT2D eigenvalue weighted by Gasteiger charge is -2.32. The van der Waals surface area contributed by atoms with Crippen LogP contribution in [0.1, 0.15) is 69.9 Å². The van der Waals surface area contributed by atoms with Gasteiger partial charge in [-0.3, -0.25) is 9.59 Å². The van der Waals surface area contributed by atoms with Crippen LogP contribution in [-0.2, 0) is 15.0 Å². The van der Waals surface area contributed by atoms with Crippen LogP contribution in [0, 0.1) is 5.82 Å². The SMILES string of the molecule is CCCC(=O)Nc1cc(C2CCN(CCCNC(=O)C(C)(C)c3ccc(Cl)cc3)CC2)ccc1F. The lowest BCUT2D eigenvalue weighted by atomic mass is 9.84. The van der Waals surface area contributed by atoms with Gasteiger partial charge in [-0.05, 0) is 100 Å². The fraction of sp³-hybridized carbons (Fsp3) is 0.500. The number of carbonyl (C=O) groups excluding carboxylic acids is 2. The molecular weight excluding hydrogens is 465 g/mol. The van der Waals surface area contributed by atoms with Crippen molar-refractivity contribution in [3.63, 3.8) is 0 Å². The van der Waals surface area contributed by atoms with Crippen molar-refractivity contribution in [3.05, 3.63) is 64.4 Å². The van der Waals surface area contributed by atoms with E-state index in [9.17, 15) is 14.0 Å². The van der Waals surface area contributed by atoms with Crippen molar-refractivity contribution in [2.24, 2.45) is 0 Å². The molecule has 0 spiro atoms. The van der Waals surface area contributed by atoms with Gasteiger partial charge in [0.25, 0.3) is 0 Å². The molecule has 7 heteroatoms. The maximum atomic E-state index is 14.2. The molecule has 0 atom stereocenters. The van der Waals surface area contributed by atoms with Crippen LogP contribution in [0.5, 0.6) is 0 Å². The van der Waals surface area contributed by atoms with Gasteiger partial charge in [-0.2, -0.15) is 0 Å². The molecule has 0 aliphatic carbocycles.